The highest BCUT2D eigenvalue weighted by molar-refractivity contribution is 6.32. The van der Waals surface area contributed by atoms with Gasteiger partial charge in [-0.2, -0.15) is 8.78 Å². The fraction of sp³-hybridized carbons (Fsp3) is 0.316. The second kappa shape index (κ2) is 9.98. The summed E-state index contributed by atoms with van der Waals surface area (Å²) in [6, 6.07) is 7.57. The van der Waals surface area contributed by atoms with Gasteiger partial charge in [0.1, 0.15) is 5.75 Å². The zero-order valence-electron chi connectivity index (χ0n) is 15.6. The first kappa shape index (κ1) is 21.6. The molecule has 152 valence electrons. The molecule has 1 N–H and O–H groups in total. The molecule has 0 spiro atoms. The lowest BCUT2D eigenvalue weighted by molar-refractivity contribution is -0.116. The van der Waals surface area contributed by atoms with E-state index in [1.807, 2.05) is 0 Å². The summed E-state index contributed by atoms with van der Waals surface area (Å²) in [6.45, 7) is -2.98. The van der Waals surface area contributed by atoms with Gasteiger partial charge in [-0.25, -0.2) is 0 Å². The van der Waals surface area contributed by atoms with Crippen LogP contribution in [0.1, 0.15) is 12.0 Å². The number of carbonyl (C=O) groups is 1. The number of rotatable bonds is 9. The Hall–Kier alpha value is -2.74. The maximum absolute atomic E-state index is 12.3. The third kappa shape index (κ3) is 5.63. The van der Waals surface area contributed by atoms with Crippen LogP contribution in [-0.2, 0) is 11.2 Å². The van der Waals surface area contributed by atoms with Crippen LogP contribution in [-0.4, -0.2) is 33.8 Å². The Balaban J connectivity index is 2.02. The van der Waals surface area contributed by atoms with Crippen molar-refractivity contribution in [2.45, 2.75) is 19.5 Å². The van der Waals surface area contributed by atoms with Crippen LogP contribution in [0.4, 0.5) is 14.5 Å². The Morgan fingerprint density at radius 1 is 1.04 bits per heavy atom. The molecule has 0 aliphatic rings. The molecule has 2 aromatic carbocycles. The van der Waals surface area contributed by atoms with E-state index >= 15 is 0 Å². The fourth-order valence-corrected chi connectivity index (χ4v) is 2.76. The number of halogens is 3. The van der Waals surface area contributed by atoms with E-state index in [-0.39, 0.29) is 23.1 Å². The summed E-state index contributed by atoms with van der Waals surface area (Å²) < 4.78 is 44.6. The van der Waals surface area contributed by atoms with Gasteiger partial charge in [-0.1, -0.05) is 11.6 Å². The second-order valence-corrected chi connectivity index (χ2v) is 6.01. The molecule has 1 amide bonds. The number of anilines is 1. The number of carbonyl (C=O) groups excluding carboxylic acids is 1. The largest absolute Gasteiger partial charge is 0.493 e. The number of nitrogens with one attached hydrogen (secondary N) is 1. The molecule has 0 fully saturated rings. The lowest BCUT2D eigenvalue weighted by Crippen LogP contribution is -2.12. The van der Waals surface area contributed by atoms with Crippen molar-refractivity contribution in [3.05, 3.63) is 40.9 Å². The van der Waals surface area contributed by atoms with E-state index in [0.29, 0.717) is 29.4 Å². The van der Waals surface area contributed by atoms with Gasteiger partial charge in [0.2, 0.25) is 11.7 Å². The molecule has 0 unspecified atom stereocenters. The molecule has 0 saturated carbocycles. The first-order chi connectivity index (χ1) is 13.4. The van der Waals surface area contributed by atoms with E-state index in [0.717, 1.165) is 5.56 Å². The second-order valence-electron chi connectivity index (χ2n) is 5.61. The van der Waals surface area contributed by atoms with Crippen molar-refractivity contribution in [2.24, 2.45) is 0 Å². The van der Waals surface area contributed by atoms with Crippen LogP contribution in [0.2, 0.25) is 5.02 Å². The van der Waals surface area contributed by atoms with E-state index < -0.39 is 6.61 Å². The molecule has 28 heavy (non-hydrogen) atoms. The summed E-state index contributed by atoms with van der Waals surface area (Å²) in [7, 11) is 4.54. The molecule has 0 aliphatic carbocycles. The van der Waals surface area contributed by atoms with E-state index in [2.05, 4.69) is 10.1 Å². The molecule has 0 saturated heterocycles. The predicted octanol–water partition coefficient (Wildman–Crippen LogP) is 4.54. The van der Waals surface area contributed by atoms with Crippen LogP contribution < -0.4 is 24.3 Å². The smallest absolute Gasteiger partial charge is 0.387 e. The number of methoxy groups -OCH3 is 3. The van der Waals surface area contributed by atoms with E-state index in [4.69, 9.17) is 25.8 Å². The Morgan fingerprint density at radius 3 is 2.18 bits per heavy atom. The van der Waals surface area contributed by atoms with Crippen LogP contribution in [0.15, 0.2) is 30.3 Å². The minimum Gasteiger partial charge on any atom is -0.493 e. The van der Waals surface area contributed by atoms with Gasteiger partial charge in [0.05, 0.1) is 26.4 Å². The molecule has 2 aromatic rings. The highest BCUT2D eigenvalue weighted by Gasteiger charge is 2.14. The normalized spacial score (nSPS) is 10.5. The Kier molecular flexibility index (Phi) is 7.69. The van der Waals surface area contributed by atoms with Crippen molar-refractivity contribution in [1.29, 1.82) is 0 Å². The van der Waals surface area contributed by atoms with Crippen molar-refractivity contribution in [2.75, 3.05) is 26.6 Å². The number of alkyl halides is 2. The van der Waals surface area contributed by atoms with Crippen LogP contribution in [0.3, 0.4) is 0 Å². The number of ether oxygens (including phenoxy) is 4. The van der Waals surface area contributed by atoms with Crippen molar-refractivity contribution in [3.8, 4) is 23.0 Å². The first-order valence-corrected chi connectivity index (χ1v) is 8.58. The predicted molar refractivity (Wildman–Crippen MR) is 101 cm³/mol. The highest BCUT2D eigenvalue weighted by Crippen LogP contribution is 2.38. The van der Waals surface area contributed by atoms with E-state index in [9.17, 15) is 13.6 Å². The SMILES string of the molecule is COc1cc(CCC(=O)Nc2ccc(OC(F)F)c(Cl)c2)cc(OC)c1OC. The summed E-state index contributed by atoms with van der Waals surface area (Å²) in [6.07, 6.45) is 0.592. The number of benzene rings is 2. The van der Waals surface area contributed by atoms with Gasteiger partial charge >= 0.3 is 6.61 Å². The van der Waals surface area contributed by atoms with Gasteiger partial charge in [-0.15, -0.1) is 0 Å². The van der Waals surface area contributed by atoms with Gasteiger partial charge in [0.25, 0.3) is 0 Å². The Morgan fingerprint density at radius 2 is 1.68 bits per heavy atom. The molecule has 6 nitrogen and oxygen atoms in total. The minimum atomic E-state index is -2.98. The molecule has 0 heterocycles. The Bertz CT molecular complexity index is 807. The maximum atomic E-state index is 12.3. The molecule has 2 rings (SSSR count). The van der Waals surface area contributed by atoms with Crippen molar-refractivity contribution < 1.29 is 32.5 Å². The molecule has 9 heteroatoms. The number of aryl methyl sites for hydroxylation is 1. The van der Waals surface area contributed by atoms with Gasteiger partial charge in [-0.3, -0.25) is 4.79 Å². The molecule has 0 bridgehead atoms. The Labute approximate surface area is 166 Å². The summed E-state index contributed by atoms with van der Waals surface area (Å²) in [5.41, 5.74) is 1.20. The van der Waals surface area contributed by atoms with Gasteiger partial charge in [-0.05, 0) is 42.3 Å². The van der Waals surface area contributed by atoms with Crippen molar-refractivity contribution >= 4 is 23.2 Å². The monoisotopic (exact) mass is 415 g/mol. The minimum absolute atomic E-state index is 0.0253. The zero-order valence-corrected chi connectivity index (χ0v) is 16.3. The molecule has 0 atom stereocenters. The van der Waals surface area contributed by atoms with Crippen LogP contribution in [0.5, 0.6) is 23.0 Å². The average Bonchev–Trinajstić information content (AvgIpc) is 2.67. The van der Waals surface area contributed by atoms with Crippen molar-refractivity contribution in [1.82, 2.24) is 0 Å². The summed E-state index contributed by atoms with van der Waals surface area (Å²) in [5.74, 6) is 1.04. The summed E-state index contributed by atoms with van der Waals surface area (Å²) in [4.78, 5) is 12.2. The molecule has 0 aliphatic heterocycles. The summed E-state index contributed by atoms with van der Waals surface area (Å²) >= 11 is 5.88. The highest BCUT2D eigenvalue weighted by atomic mass is 35.5. The number of hydrogen-bond acceptors (Lipinski definition) is 5. The van der Waals surface area contributed by atoms with Crippen LogP contribution >= 0.6 is 11.6 Å². The maximum Gasteiger partial charge on any atom is 0.387 e. The molecular weight excluding hydrogens is 396 g/mol. The van der Waals surface area contributed by atoms with E-state index in [1.165, 1.54) is 39.5 Å². The lowest BCUT2D eigenvalue weighted by Gasteiger charge is -2.14. The van der Waals surface area contributed by atoms with Crippen LogP contribution in [0, 0.1) is 0 Å². The van der Waals surface area contributed by atoms with Gasteiger partial charge in [0.15, 0.2) is 11.5 Å². The van der Waals surface area contributed by atoms with Crippen LogP contribution in [0.25, 0.3) is 0 Å². The topological polar surface area (TPSA) is 66.0 Å². The molecular formula is C19H20ClF2NO5. The number of hydrogen-bond donors (Lipinski definition) is 1. The van der Waals surface area contributed by atoms with Crippen molar-refractivity contribution in [3.63, 3.8) is 0 Å². The zero-order chi connectivity index (χ0) is 20.7. The fourth-order valence-electron chi connectivity index (χ4n) is 2.53. The van der Waals surface area contributed by atoms with E-state index in [1.54, 1.807) is 12.1 Å². The summed E-state index contributed by atoms with van der Waals surface area (Å²) in [5, 5.41) is 2.63. The standard InChI is InChI=1S/C19H20ClF2NO5/c1-25-15-8-11(9-16(26-2)18(15)27-3)4-7-17(24)23-12-5-6-14(13(20)10-12)28-19(21)22/h5-6,8-10,19H,4,7H2,1-3H3,(H,23,24). The van der Waals surface area contributed by atoms with Gasteiger partial charge < -0.3 is 24.3 Å². The number of amides is 1. The molecule has 0 aromatic heterocycles. The third-order valence-electron chi connectivity index (χ3n) is 3.80. The van der Waals surface area contributed by atoms with Gasteiger partial charge in [0, 0.05) is 12.1 Å². The lowest BCUT2D eigenvalue weighted by atomic mass is 10.1. The third-order valence-corrected chi connectivity index (χ3v) is 4.09. The first-order valence-electron chi connectivity index (χ1n) is 8.21. The molecule has 0 radical (unpaired) electrons. The average molecular weight is 416 g/mol. The quantitative estimate of drug-likeness (QED) is 0.651.